The van der Waals surface area contributed by atoms with E-state index in [0.29, 0.717) is 25.3 Å². The van der Waals surface area contributed by atoms with Gasteiger partial charge in [-0.1, -0.05) is 6.07 Å². The fourth-order valence-corrected chi connectivity index (χ4v) is 4.42. The lowest BCUT2D eigenvalue weighted by Gasteiger charge is -2.28. The fraction of sp³-hybridized carbons (Fsp3) is 0.562. The first-order chi connectivity index (χ1) is 11.7. The zero-order valence-corrected chi connectivity index (χ0v) is 15.5. The van der Waals surface area contributed by atoms with Crippen molar-refractivity contribution < 1.29 is 18.0 Å². The van der Waals surface area contributed by atoms with Gasteiger partial charge in [-0.2, -0.15) is 0 Å². The minimum atomic E-state index is -3.15. The lowest BCUT2D eigenvalue weighted by Crippen LogP contribution is -2.49. The van der Waals surface area contributed by atoms with Gasteiger partial charge in [-0.05, 0) is 39.6 Å². The number of carbonyl (C=O) groups excluding carboxylic acids is 2. The highest BCUT2D eigenvalue weighted by molar-refractivity contribution is 7.91. The van der Waals surface area contributed by atoms with E-state index < -0.39 is 27.7 Å². The SMILES string of the molecule is Cc1cccc(NC(=O)C(=O)N(CCN(C)C)C2CCS(=O)(=O)C2)n1. The van der Waals surface area contributed by atoms with Crippen LogP contribution in [0.1, 0.15) is 12.1 Å². The molecule has 1 aliphatic heterocycles. The second-order valence-corrected chi connectivity index (χ2v) is 8.71. The Hall–Kier alpha value is -2.00. The summed E-state index contributed by atoms with van der Waals surface area (Å²) >= 11 is 0. The van der Waals surface area contributed by atoms with E-state index in [4.69, 9.17) is 0 Å². The van der Waals surface area contributed by atoms with Crippen molar-refractivity contribution in [3.8, 4) is 0 Å². The number of aryl methyl sites for hydroxylation is 1. The van der Waals surface area contributed by atoms with Crippen LogP contribution in [-0.2, 0) is 19.4 Å². The number of pyridine rings is 1. The molecule has 0 spiro atoms. The Morgan fingerprint density at radius 1 is 1.28 bits per heavy atom. The highest BCUT2D eigenvalue weighted by Gasteiger charge is 2.36. The number of hydrogen-bond acceptors (Lipinski definition) is 6. The number of sulfone groups is 1. The van der Waals surface area contributed by atoms with Crippen LogP contribution in [0.2, 0.25) is 0 Å². The van der Waals surface area contributed by atoms with Crippen LogP contribution >= 0.6 is 0 Å². The summed E-state index contributed by atoms with van der Waals surface area (Å²) in [5, 5.41) is 2.49. The summed E-state index contributed by atoms with van der Waals surface area (Å²) in [6.45, 7) is 2.61. The summed E-state index contributed by atoms with van der Waals surface area (Å²) in [5.41, 5.74) is 0.719. The van der Waals surface area contributed by atoms with E-state index in [1.165, 1.54) is 4.90 Å². The molecule has 1 atom stereocenters. The topological polar surface area (TPSA) is 99.7 Å². The van der Waals surface area contributed by atoms with Crippen molar-refractivity contribution in [1.82, 2.24) is 14.8 Å². The molecule has 0 aliphatic carbocycles. The van der Waals surface area contributed by atoms with Gasteiger partial charge >= 0.3 is 11.8 Å². The third kappa shape index (κ3) is 5.50. The number of rotatable bonds is 5. The average Bonchev–Trinajstić information content (AvgIpc) is 2.87. The zero-order chi connectivity index (χ0) is 18.6. The van der Waals surface area contributed by atoms with Crippen LogP contribution < -0.4 is 5.32 Å². The normalized spacial score (nSPS) is 19.0. The molecule has 0 radical (unpaired) electrons. The van der Waals surface area contributed by atoms with Gasteiger partial charge in [0.2, 0.25) is 0 Å². The number of aromatic nitrogens is 1. The summed E-state index contributed by atoms with van der Waals surface area (Å²) in [5.74, 6) is -1.29. The number of nitrogens with one attached hydrogen (secondary N) is 1. The highest BCUT2D eigenvalue weighted by atomic mass is 32.2. The van der Waals surface area contributed by atoms with Gasteiger partial charge in [0.05, 0.1) is 11.5 Å². The molecule has 1 fully saturated rings. The maximum Gasteiger partial charge on any atom is 0.315 e. The minimum Gasteiger partial charge on any atom is -0.329 e. The monoisotopic (exact) mass is 368 g/mol. The molecule has 138 valence electrons. The van der Waals surface area contributed by atoms with Crippen molar-refractivity contribution in [2.75, 3.05) is 44.0 Å². The molecule has 2 rings (SSSR count). The first-order valence-electron chi connectivity index (χ1n) is 8.09. The molecule has 2 amide bonds. The van der Waals surface area contributed by atoms with Gasteiger partial charge in [0, 0.05) is 24.8 Å². The second kappa shape index (κ2) is 7.92. The van der Waals surface area contributed by atoms with E-state index in [1.54, 1.807) is 25.1 Å². The first kappa shape index (κ1) is 19.3. The average molecular weight is 368 g/mol. The van der Waals surface area contributed by atoms with Gasteiger partial charge in [0.25, 0.3) is 0 Å². The Bertz CT molecular complexity index is 748. The van der Waals surface area contributed by atoms with Gasteiger partial charge in [-0.3, -0.25) is 9.59 Å². The maximum atomic E-state index is 12.6. The molecule has 1 aromatic rings. The highest BCUT2D eigenvalue weighted by Crippen LogP contribution is 2.18. The number of carbonyl (C=O) groups is 2. The lowest BCUT2D eigenvalue weighted by molar-refractivity contribution is -0.144. The Kier molecular flexibility index (Phi) is 6.12. The summed E-state index contributed by atoms with van der Waals surface area (Å²) < 4.78 is 23.5. The van der Waals surface area contributed by atoms with E-state index in [0.717, 1.165) is 5.69 Å². The molecular weight excluding hydrogens is 344 g/mol. The molecule has 8 nitrogen and oxygen atoms in total. The maximum absolute atomic E-state index is 12.6. The van der Waals surface area contributed by atoms with Crippen LogP contribution in [0.5, 0.6) is 0 Å². The molecule has 0 saturated carbocycles. The standard InChI is InChI=1S/C16H24N4O4S/c1-12-5-4-6-14(17-12)18-15(21)16(22)20(9-8-19(2)3)13-7-10-25(23,24)11-13/h4-6,13H,7-11H2,1-3H3,(H,17,18,21). The molecule has 9 heteroatoms. The van der Waals surface area contributed by atoms with E-state index in [1.807, 2.05) is 19.0 Å². The zero-order valence-electron chi connectivity index (χ0n) is 14.7. The molecule has 0 aromatic carbocycles. The summed E-state index contributed by atoms with van der Waals surface area (Å²) in [7, 11) is 0.550. The van der Waals surface area contributed by atoms with E-state index >= 15 is 0 Å². The van der Waals surface area contributed by atoms with Gasteiger partial charge < -0.3 is 15.1 Å². The largest absolute Gasteiger partial charge is 0.329 e. The van der Waals surface area contributed by atoms with Gasteiger partial charge in [-0.15, -0.1) is 0 Å². The summed E-state index contributed by atoms with van der Waals surface area (Å²) in [6, 6.07) is 4.65. The minimum absolute atomic E-state index is 0.0461. The molecular formula is C16H24N4O4S. The van der Waals surface area contributed by atoms with Gasteiger partial charge in [-0.25, -0.2) is 13.4 Å². The van der Waals surface area contributed by atoms with E-state index in [9.17, 15) is 18.0 Å². The van der Waals surface area contributed by atoms with E-state index in [2.05, 4.69) is 10.3 Å². The first-order valence-corrected chi connectivity index (χ1v) is 9.91. The predicted octanol–water partition coefficient (Wildman–Crippen LogP) is -0.0942. The molecule has 0 bridgehead atoms. The number of amides is 2. The van der Waals surface area contributed by atoms with Crippen molar-refractivity contribution in [2.45, 2.75) is 19.4 Å². The smallest absolute Gasteiger partial charge is 0.315 e. The van der Waals surface area contributed by atoms with E-state index in [-0.39, 0.29) is 11.5 Å². The number of anilines is 1. The van der Waals surface area contributed by atoms with Crippen LogP contribution in [-0.4, -0.2) is 79.7 Å². The Labute approximate surface area is 148 Å². The van der Waals surface area contributed by atoms with Crippen LogP contribution in [0.15, 0.2) is 18.2 Å². The molecule has 1 saturated heterocycles. The van der Waals surface area contributed by atoms with Crippen molar-refractivity contribution in [3.63, 3.8) is 0 Å². The number of likely N-dealkylation sites (N-methyl/N-ethyl adjacent to an activating group) is 1. The fourth-order valence-electron chi connectivity index (χ4n) is 2.69. The molecule has 1 aromatic heterocycles. The number of hydrogen-bond donors (Lipinski definition) is 1. The molecule has 2 heterocycles. The Balaban J connectivity index is 2.12. The lowest BCUT2D eigenvalue weighted by atomic mass is 10.2. The van der Waals surface area contributed by atoms with Crippen molar-refractivity contribution in [1.29, 1.82) is 0 Å². The quantitative estimate of drug-likeness (QED) is 0.729. The third-order valence-corrected chi connectivity index (χ3v) is 5.77. The third-order valence-electron chi connectivity index (χ3n) is 4.02. The molecule has 25 heavy (non-hydrogen) atoms. The van der Waals surface area contributed by atoms with Crippen LogP contribution in [0.25, 0.3) is 0 Å². The predicted molar refractivity (Wildman–Crippen MR) is 94.9 cm³/mol. The van der Waals surface area contributed by atoms with Gasteiger partial charge in [0.1, 0.15) is 5.82 Å². The van der Waals surface area contributed by atoms with Crippen LogP contribution in [0, 0.1) is 6.92 Å². The molecule has 1 unspecified atom stereocenters. The van der Waals surface area contributed by atoms with Crippen molar-refractivity contribution in [3.05, 3.63) is 23.9 Å². The van der Waals surface area contributed by atoms with Gasteiger partial charge in [0.15, 0.2) is 9.84 Å². The van der Waals surface area contributed by atoms with Crippen LogP contribution in [0.4, 0.5) is 5.82 Å². The number of nitrogens with zero attached hydrogens (tertiary/aromatic N) is 3. The summed E-state index contributed by atoms with van der Waals surface area (Å²) in [6.07, 6.45) is 0.359. The van der Waals surface area contributed by atoms with Crippen molar-refractivity contribution >= 4 is 27.5 Å². The Morgan fingerprint density at radius 3 is 2.56 bits per heavy atom. The Morgan fingerprint density at radius 2 is 2.00 bits per heavy atom. The van der Waals surface area contributed by atoms with Crippen LogP contribution in [0.3, 0.4) is 0 Å². The van der Waals surface area contributed by atoms with Crippen molar-refractivity contribution in [2.24, 2.45) is 0 Å². The summed E-state index contributed by atoms with van der Waals surface area (Å²) in [4.78, 5) is 32.3. The molecule has 1 aliphatic rings. The second-order valence-electron chi connectivity index (χ2n) is 6.48. The molecule has 1 N–H and O–H groups in total.